The number of benzene rings is 1. The Balaban J connectivity index is 2.22. The van der Waals surface area contributed by atoms with E-state index in [4.69, 9.17) is 0 Å². The summed E-state index contributed by atoms with van der Waals surface area (Å²) in [7, 11) is 0. The Morgan fingerprint density at radius 1 is 1.29 bits per heavy atom. The average Bonchev–Trinajstić information content (AvgIpc) is 1.98. The molecule has 1 nitrogen and oxygen atoms in total. The van der Waals surface area contributed by atoms with Crippen molar-refractivity contribution in [2.75, 3.05) is 5.32 Å². The van der Waals surface area contributed by atoms with E-state index in [1.165, 1.54) is 12.5 Å². The molecule has 1 aliphatic rings. The summed E-state index contributed by atoms with van der Waals surface area (Å²) in [5.41, 5.74) is 0.371. The van der Waals surface area contributed by atoms with Crippen LogP contribution in [-0.2, 0) is 0 Å². The third kappa shape index (κ3) is 1.90. The van der Waals surface area contributed by atoms with Crippen LogP contribution in [0, 0.1) is 11.6 Å². The lowest BCUT2D eigenvalue weighted by Gasteiger charge is -2.28. The van der Waals surface area contributed by atoms with Gasteiger partial charge in [0.25, 0.3) is 0 Å². The van der Waals surface area contributed by atoms with Crippen LogP contribution in [0.2, 0.25) is 0 Å². The van der Waals surface area contributed by atoms with Crippen molar-refractivity contribution in [2.24, 2.45) is 0 Å². The van der Waals surface area contributed by atoms with E-state index < -0.39 is 11.6 Å². The van der Waals surface area contributed by atoms with Crippen molar-refractivity contribution in [3.8, 4) is 0 Å². The smallest absolute Gasteiger partial charge is 0.150 e. The van der Waals surface area contributed by atoms with Gasteiger partial charge >= 0.3 is 0 Å². The fraction of sp³-hybridized carbons (Fsp3) is 0.400. The first-order valence-electron chi connectivity index (χ1n) is 4.58. The summed E-state index contributed by atoms with van der Waals surface area (Å²) < 4.78 is 26.5. The van der Waals surface area contributed by atoms with Crippen LogP contribution in [0.3, 0.4) is 0 Å². The number of hydrogen-bond acceptors (Lipinski definition) is 1. The fourth-order valence-electron chi connectivity index (χ4n) is 1.44. The van der Waals surface area contributed by atoms with Gasteiger partial charge in [0.2, 0.25) is 0 Å². The second-order valence-electron chi connectivity index (χ2n) is 3.52. The lowest BCUT2D eigenvalue weighted by atomic mass is 9.93. The van der Waals surface area contributed by atoms with Crippen molar-refractivity contribution in [1.82, 2.24) is 0 Å². The molecule has 0 spiro atoms. The van der Waals surface area contributed by atoms with Gasteiger partial charge in [0.05, 0.1) is 5.69 Å². The standard InChI is InChI=1S/C10H10BrF2N/c11-8-4-6(12)5-9(13)10(8)14-7-2-1-3-7/h4-5,7,14H,1-3H2. The van der Waals surface area contributed by atoms with E-state index in [2.05, 4.69) is 21.2 Å². The third-order valence-electron chi connectivity index (χ3n) is 2.46. The Bertz CT molecular complexity index is 327. The van der Waals surface area contributed by atoms with Gasteiger partial charge in [0, 0.05) is 16.6 Å². The Morgan fingerprint density at radius 2 is 2.00 bits per heavy atom. The van der Waals surface area contributed by atoms with Gasteiger partial charge in [-0.25, -0.2) is 8.78 Å². The first kappa shape index (κ1) is 9.90. The molecule has 0 aromatic heterocycles. The zero-order valence-corrected chi connectivity index (χ0v) is 9.07. The zero-order valence-electron chi connectivity index (χ0n) is 7.49. The Hall–Kier alpha value is -0.640. The van der Waals surface area contributed by atoms with E-state index in [-0.39, 0.29) is 0 Å². The monoisotopic (exact) mass is 261 g/mol. The van der Waals surface area contributed by atoms with Crippen molar-refractivity contribution < 1.29 is 8.78 Å². The molecule has 4 heteroatoms. The van der Waals surface area contributed by atoms with Gasteiger partial charge in [0.1, 0.15) is 11.6 Å². The van der Waals surface area contributed by atoms with E-state index in [9.17, 15) is 8.78 Å². The van der Waals surface area contributed by atoms with Crippen molar-refractivity contribution in [3.05, 3.63) is 28.2 Å². The number of halogens is 3. The van der Waals surface area contributed by atoms with Gasteiger partial charge in [-0.3, -0.25) is 0 Å². The van der Waals surface area contributed by atoms with Crippen LogP contribution in [0.4, 0.5) is 14.5 Å². The van der Waals surface area contributed by atoms with Crippen molar-refractivity contribution in [3.63, 3.8) is 0 Å². The molecule has 0 bridgehead atoms. The lowest BCUT2D eigenvalue weighted by molar-refractivity contribution is 0.442. The third-order valence-corrected chi connectivity index (χ3v) is 3.09. The van der Waals surface area contributed by atoms with Gasteiger partial charge in [-0.15, -0.1) is 0 Å². The summed E-state index contributed by atoms with van der Waals surface area (Å²) in [6.45, 7) is 0. The molecule has 1 aromatic rings. The number of hydrogen-bond donors (Lipinski definition) is 1. The molecule has 0 unspecified atom stereocenters. The minimum Gasteiger partial charge on any atom is -0.379 e. The van der Waals surface area contributed by atoms with Crippen LogP contribution < -0.4 is 5.32 Å². The highest BCUT2D eigenvalue weighted by molar-refractivity contribution is 9.10. The highest BCUT2D eigenvalue weighted by Crippen LogP contribution is 2.31. The van der Waals surface area contributed by atoms with E-state index in [1.807, 2.05) is 0 Å². The van der Waals surface area contributed by atoms with Gasteiger partial charge in [-0.1, -0.05) is 0 Å². The molecule has 0 aliphatic heterocycles. The normalized spacial score (nSPS) is 16.5. The topological polar surface area (TPSA) is 12.0 Å². The van der Waals surface area contributed by atoms with E-state index in [1.54, 1.807) is 0 Å². The molecule has 0 saturated heterocycles. The zero-order chi connectivity index (χ0) is 10.1. The molecule has 1 fully saturated rings. The molecule has 14 heavy (non-hydrogen) atoms. The van der Waals surface area contributed by atoms with Gasteiger partial charge in [-0.2, -0.15) is 0 Å². The Kier molecular flexibility index (Phi) is 2.72. The molecule has 1 aromatic carbocycles. The van der Waals surface area contributed by atoms with Gasteiger partial charge in [0.15, 0.2) is 0 Å². The largest absolute Gasteiger partial charge is 0.379 e. The number of nitrogens with one attached hydrogen (secondary N) is 1. The molecule has 76 valence electrons. The maximum atomic E-state index is 13.3. The maximum absolute atomic E-state index is 13.3. The number of rotatable bonds is 2. The molecule has 0 atom stereocenters. The lowest BCUT2D eigenvalue weighted by Crippen LogP contribution is -2.27. The fourth-order valence-corrected chi connectivity index (χ4v) is 1.96. The van der Waals surface area contributed by atoms with Crippen LogP contribution >= 0.6 is 15.9 Å². The summed E-state index contributed by atoms with van der Waals surface area (Å²) >= 11 is 3.14. The molecule has 1 N–H and O–H groups in total. The van der Waals surface area contributed by atoms with Crippen LogP contribution in [-0.4, -0.2) is 6.04 Å². The first-order valence-corrected chi connectivity index (χ1v) is 5.37. The predicted octanol–water partition coefficient (Wildman–Crippen LogP) is 3.69. The maximum Gasteiger partial charge on any atom is 0.150 e. The highest BCUT2D eigenvalue weighted by Gasteiger charge is 2.20. The molecule has 0 heterocycles. The van der Waals surface area contributed by atoms with Crippen LogP contribution in [0.5, 0.6) is 0 Å². The minimum atomic E-state index is -0.562. The van der Waals surface area contributed by atoms with Crippen molar-refractivity contribution in [2.45, 2.75) is 25.3 Å². The number of anilines is 1. The predicted molar refractivity (Wildman–Crippen MR) is 55.3 cm³/mol. The minimum absolute atomic E-state index is 0.339. The van der Waals surface area contributed by atoms with Crippen molar-refractivity contribution in [1.29, 1.82) is 0 Å². The summed E-state index contributed by atoms with van der Waals surface area (Å²) in [5.74, 6) is -1.10. The summed E-state index contributed by atoms with van der Waals surface area (Å²) in [6.07, 6.45) is 3.30. The molecule has 0 amide bonds. The van der Waals surface area contributed by atoms with E-state index >= 15 is 0 Å². The van der Waals surface area contributed by atoms with E-state index in [0.29, 0.717) is 16.2 Å². The summed E-state index contributed by atoms with van der Waals surface area (Å²) in [5, 5.41) is 3.05. The molecular formula is C10H10BrF2N. The highest BCUT2D eigenvalue weighted by atomic mass is 79.9. The van der Waals surface area contributed by atoms with Crippen LogP contribution in [0.1, 0.15) is 19.3 Å². The quantitative estimate of drug-likeness (QED) is 0.857. The summed E-state index contributed by atoms with van der Waals surface area (Å²) in [4.78, 5) is 0. The average molecular weight is 262 g/mol. The molecule has 1 aliphatic carbocycles. The van der Waals surface area contributed by atoms with Gasteiger partial charge < -0.3 is 5.32 Å². The second kappa shape index (κ2) is 3.85. The Morgan fingerprint density at radius 3 is 2.50 bits per heavy atom. The first-order chi connectivity index (χ1) is 6.66. The molecule has 0 radical (unpaired) electrons. The molecular weight excluding hydrogens is 252 g/mol. The SMILES string of the molecule is Fc1cc(F)c(NC2CCC2)c(Br)c1. The molecule has 2 rings (SSSR count). The van der Waals surface area contributed by atoms with Crippen LogP contribution in [0.25, 0.3) is 0 Å². The molecule has 1 saturated carbocycles. The van der Waals surface area contributed by atoms with Crippen LogP contribution in [0.15, 0.2) is 16.6 Å². The van der Waals surface area contributed by atoms with Gasteiger partial charge in [-0.05, 0) is 41.3 Å². The van der Waals surface area contributed by atoms with Crippen molar-refractivity contribution >= 4 is 21.6 Å². The van der Waals surface area contributed by atoms with E-state index in [0.717, 1.165) is 18.9 Å². The summed E-state index contributed by atoms with van der Waals surface area (Å²) in [6, 6.07) is 2.50. The second-order valence-corrected chi connectivity index (χ2v) is 4.37. The Labute approximate surface area is 89.6 Å².